The topological polar surface area (TPSA) is 59.1 Å². The van der Waals surface area contributed by atoms with Gasteiger partial charge >= 0.3 is 0 Å². The summed E-state index contributed by atoms with van der Waals surface area (Å²) in [6.07, 6.45) is 0. The highest BCUT2D eigenvalue weighted by atomic mass is 16.5. The summed E-state index contributed by atoms with van der Waals surface area (Å²) in [6, 6.07) is 17.9. The molecule has 0 bridgehead atoms. The van der Waals surface area contributed by atoms with Crippen LogP contribution in [0.25, 0.3) is 11.4 Å². The van der Waals surface area contributed by atoms with Crippen LogP contribution < -0.4 is 15.4 Å². The van der Waals surface area contributed by atoms with Crippen molar-refractivity contribution in [2.75, 3.05) is 17.7 Å². The second kappa shape index (κ2) is 7.66. The molecule has 1 aromatic heterocycles. The summed E-state index contributed by atoms with van der Waals surface area (Å²) in [5, 5.41) is 6.82. The Balaban J connectivity index is 2.04. The molecule has 2 aromatic carbocycles. The predicted octanol–water partition coefficient (Wildman–Crippen LogP) is 5.41. The average Bonchev–Trinajstić information content (AvgIpc) is 2.61. The molecule has 0 spiro atoms. The molecule has 2 N–H and O–H groups in total. The number of benzene rings is 2. The van der Waals surface area contributed by atoms with E-state index in [-0.39, 0.29) is 5.54 Å². The third-order valence-corrected chi connectivity index (χ3v) is 3.88. The number of methoxy groups -OCH3 is 1. The summed E-state index contributed by atoms with van der Waals surface area (Å²) in [5.74, 6) is 2.91. The summed E-state index contributed by atoms with van der Waals surface area (Å²) in [4.78, 5) is 9.41. The second-order valence-corrected chi connectivity index (χ2v) is 7.53. The lowest BCUT2D eigenvalue weighted by Gasteiger charge is -2.22. The van der Waals surface area contributed by atoms with Crippen molar-refractivity contribution in [3.8, 4) is 17.1 Å². The van der Waals surface area contributed by atoms with E-state index in [1.165, 1.54) is 0 Å². The van der Waals surface area contributed by atoms with Gasteiger partial charge in [-0.05, 0) is 45.4 Å². The molecule has 0 radical (unpaired) electrons. The second-order valence-electron chi connectivity index (χ2n) is 7.53. The number of nitrogens with zero attached hydrogens (tertiary/aromatic N) is 2. The molecule has 0 amide bonds. The number of ether oxygens (including phenoxy) is 1. The van der Waals surface area contributed by atoms with E-state index in [9.17, 15) is 0 Å². The lowest BCUT2D eigenvalue weighted by Crippen LogP contribution is -2.26. The molecule has 5 nitrogen and oxygen atoms in total. The number of anilines is 3. The number of hydrogen-bond donors (Lipinski definition) is 2. The Bertz CT molecular complexity index is 917. The number of nitrogens with one attached hydrogen (secondary N) is 2. The smallest absolute Gasteiger partial charge is 0.163 e. The fraction of sp³-hybridized carbons (Fsp3) is 0.273. The first kappa shape index (κ1) is 18.7. The molecule has 0 atom stereocenters. The van der Waals surface area contributed by atoms with Crippen LogP contribution in [-0.4, -0.2) is 22.6 Å². The Labute approximate surface area is 160 Å². The Morgan fingerprint density at radius 1 is 0.889 bits per heavy atom. The van der Waals surface area contributed by atoms with Gasteiger partial charge in [-0.3, -0.25) is 0 Å². The molecule has 5 heteroatoms. The zero-order valence-corrected chi connectivity index (χ0v) is 16.5. The summed E-state index contributed by atoms with van der Waals surface area (Å²) in [7, 11) is 1.66. The molecule has 0 aliphatic rings. The largest absolute Gasteiger partial charge is 0.495 e. The molecular weight excluding hydrogens is 336 g/mol. The Kier molecular flexibility index (Phi) is 5.31. The molecule has 1 heterocycles. The van der Waals surface area contributed by atoms with Crippen LogP contribution in [0.15, 0.2) is 54.6 Å². The number of aromatic nitrogens is 2. The first-order valence-corrected chi connectivity index (χ1v) is 8.98. The molecule has 0 aliphatic heterocycles. The van der Waals surface area contributed by atoms with Crippen molar-refractivity contribution in [1.82, 2.24) is 9.97 Å². The highest BCUT2D eigenvalue weighted by molar-refractivity contribution is 5.69. The van der Waals surface area contributed by atoms with Gasteiger partial charge in [-0.1, -0.05) is 36.4 Å². The van der Waals surface area contributed by atoms with Crippen LogP contribution in [0.2, 0.25) is 0 Å². The monoisotopic (exact) mass is 362 g/mol. The van der Waals surface area contributed by atoms with Crippen molar-refractivity contribution in [3.63, 3.8) is 0 Å². The molecule has 0 saturated heterocycles. The van der Waals surface area contributed by atoms with E-state index in [0.717, 1.165) is 28.4 Å². The van der Waals surface area contributed by atoms with Crippen molar-refractivity contribution < 1.29 is 4.74 Å². The minimum Gasteiger partial charge on any atom is -0.495 e. The van der Waals surface area contributed by atoms with Gasteiger partial charge in [-0.2, -0.15) is 0 Å². The Morgan fingerprint density at radius 3 is 2.26 bits per heavy atom. The molecule has 3 aromatic rings. The highest BCUT2D eigenvalue weighted by Crippen LogP contribution is 2.30. The van der Waals surface area contributed by atoms with E-state index < -0.39 is 0 Å². The number of hydrogen-bond acceptors (Lipinski definition) is 5. The van der Waals surface area contributed by atoms with Gasteiger partial charge in [0.1, 0.15) is 17.4 Å². The average molecular weight is 362 g/mol. The van der Waals surface area contributed by atoms with E-state index in [4.69, 9.17) is 14.7 Å². The molecule has 0 fully saturated rings. The fourth-order valence-electron chi connectivity index (χ4n) is 2.73. The third kappa shape index (κ3) is 4.97. The van der Waals surface area contributed by atoms with E-state index in [1.807, 2.05) is 61.5 Å². The zero-order chi connectivity index (χ0) is 19.4. The van der Waals surface area contributed by atoms with Gasteiger partial charge in [0.2, 0.25) is 0 Å². The van der Waals surface area contributed by atoms with Gasteiger partial charge in [-0.25, -0.2) is 9.97 Å². The predicted molar refractivity (Wildman–Crippen MR) is 112 cm³/mol. The van der Waals surface area contributed by atoms with Gasteiger partial charge in [0.15, 0.2) is 5.82 Å². The van der Waals surface area contributed by atoms with E-state index >= 15 is 0 Å². The third-order valence-electron chi connectivity index (χ3n) is 3.88. The minimum atomic E-state index is -0.111. The van der Waals surface area contributed by atoms with Crippen molar-refractivity contribution >= 4 is 17.3 Å². The quantitative estimate of drug-likeness (QED) is 0.635. The van der Waals surface area contributed by atoms with Crippen LogP contribution in [0.5, 0.6) is 5.75 Å². The van der Waals surface area contributed by atoms with Crippen molar-refractivity contribution in [2.24, 2.45) is 0 Å². The van der Waals surface area contributed by atoms with Crippen LogP contribution in [0.3, 0.4) is 0 Å². The number of aryl methyl sites for hydroxylation is 1. The summed E-state index contributed by atoms with van der Waals surface area (Å²) >= 11 is 0. The van der Waals surface area contributed by atoms with Crippen LogP contribution in [0, 0.1) is 6.92 Å². The van der Waals surface area contributed by atoms with E-state index in [2.05, 4.69) is 31.4 Å². The van der Waals surface area contributed by atoms with Gasteiger partial charge in [-0.15, -0.1) is 0 Å². The SMILES string of the molecule is COc1ccc(C)cc1Nc1cc(NC(C)(C)C)nc(-c2ccccc2)n1. The first-order valence-electron chi connectivity index (χ1n) is 8.98. The maximum atomic E-state index is 5.48. The summed E-state index contributed by atoms with van der Waals surface area (Å²) < 4.78 is 5.48. The normalized spacial score (nSPS) is 11.1. The molecule has 140 valence electrons. The van der Waals surface area contributed by atoms with E-state index in [1.54, 1.807) is 7.11 Å². The van der Waals surface area contributed by atoms with Crippen molar-refractivity contribution in [1.29, 1.82) is 0 Å². The van der Waals surface area contributed by atoms with E-state index in [0.29, 0.717) is 11.6 Å². The highest BCUT2D eigenvalue weighted by Gasteiger charge is 2.14. The van der Waals surface area contributed by atoms with Gasteiger partial charge < -0.3 is 15.4 Å². The van der Waals surface area contributed by atoms with Crippen LogP contribution in [0.1, 0.15) is 26.3 Å². The van der Waals surface area contributed by atoms with Crippen LogP contribution >= 0.6 is 0 Å². The summed E-state index contributed by atoms with van der Waals surface area (Å²) in [6.45, 7) is 8.36. The molecule has 3 rings (SSSR count). The minimum absolute atomic E-state index is 0.111. The Hall–Kier alpha value is -3.08. The Morgan fingerprint density at radius 2 is 1.59 bits per heavy atom. The number of rotatable bonds is 5. The maximum absolute atomic E-state index is 5.48. The first-order chi connectivity index (χ1) is 12.8. The van der Waals surface area contributed by atoms with Crippen LogP contribution in [0.4, 0.5) is 17.3 Å². The van der Waals surface area contributed by atoms with Crippen molar-refractivity contribution in [2.45, 2.75) is 33.2 Å². The lowest BCUT2D eigenvalue weighted by molar-refractivity contribution is 0.416. The maximum Gasteiger partial charge on any atom is 0.163 e. The molecular formula is C22H26N4O. The fourth-order valence-corrected chi connectivity index (χ4v) is 2.73. The molecule has 0 aliphatic carbocycles. The van der Waals surface area contributed by atoms with Gasteiger partial charge in [0.25, 0.3) is 0 Å². The van der Waals surface area contributed by atoms with Crippen LogP contribution in [-0.2, 0) is 0 Å². The van der Waals surface area contributed by atoms with Gasteiger partial charge in [0.05, 0.1) is 12.8 Å². The molecule has 27 heavy (non-hydrogen) atoms. The van der Waals surface area contributed by atoms with Crippen molar-refractivity contribution in [3.05, 3.63) is 60.2 Å². The lowest BCUT2D eigenvalue weighted by atomic mass is 10.1. The zero-order valence-electron chi connectivity index (χ0n) is 16.5. The molecule has 0 saturated carbocycles. The molecule has 0 unspecified atom stereocenters. The summed E-state index contributed by atoms with van der Waals surface area (Å²) in [5.41, 5.74) is 2.87. The van der Waals surface area contributed by atoms with Gasteiger partial charge in [0, 0.05) is 17.2 Å². The standard InChI is InChI=1S/C22H26N4O/c1-15-11-12-18(27-5)17(13-15)23-19-14-20(26-22(2,3)4)25-21(24-19)16-9-7-6-8-10-16/h6-14H,1-5H3,(H2,23,24,25,26).